The van der Waals surface area contributed by atoms with E-state index in [1.165, 1.54) is 7.11 Å². The van der Waals surface area contributed by atoms with Crippen molar-refractivity contribution in [2.24, 2.45) is 5.73 Å². The van der Waals surface area contributed by atoms with Crippen LogP contribution in [0.15, 0.2) is 48.5 Å². The third kappa shape index (κ3) is 4.44. The van der Waals surface area contributed by atoms with E-state index in [1.54, 1.807) is 35.9 Å². The van der Waals surface area contributed by atoms with Gasteiger partial charge in [-0.05, 0) is 37.6 Å². The molecule has 1 heterocycles. The van der Waals surface area contributed by atoms with Crippen LogP contribution in [0.3, 0.4) is 0 Å². The van der Waals surface area contributed by atoms with Gasteiger partial charge >= 0.3 is 5.97 Å². The van der Waals surface area contributed by atoms with Crippen LogP contribution in [0.25, 0.3) is 5.69 Å². The molecule has 0 atom stereocenters. The molecular weight excluding hydrogens is 372 g/mol. The third-order valence-corrected chi connectivity index (χ3v) is 4.24. The number of nitrogens with two attached hydrogens (primary N) is 1. The first-order valence-electron chi connectivity index (χ1n) is 8.78. The lowest BCUT2D eigenvalue weighted by atomic mass is 10.1. The van der Waals surface area contributed by atoms with E-state index in [1.807, 2.05) is 31.2 Å². The van der Waals surface area contributed by atoms with Gasteiger partial charge in [0, 0.05) is 7.11 Å². The summed E-state index contributed by atoms with van der Waals surface area (Å²) < 4.78 is 6.46. The predicted molar refractivity (Wildman–Crippen MR) is 111 cm³/mol. The Bertz CT molecular complexity index is 1030. The van der Waals surface area contributed by atoms with Crippen molar-refractivity contribution in [3.05, 3.63) is 70.9 Å². The average molecular weight is 396 g/mol. The van der Waals surface area contributed by atoms with Crippen LogP contribution in [0.5, 0.6) is 0 Å². The maximum absolute atomic E-state index is 12.1. The van der Waals surface area contributed by atoms with Gasteiger partial charge in [-0.2, -0.15) is 5.10 Å². The molecule has 152 valence electrons. The van der Waals surface area contributed by atoms with Crippen molar-refractivity contribution < 1.29 is 19.4 Å². The minimum Gasteiger partial charge on any atom is -0.465 e. The second kappa shape index (κ2) is 9.52. The fourth-order valence-electron chi connectivity index (χ4n) is 2.92. The van der Waals surface area contributed by atoms with Gasteiger partial charge < -0.3 is 20.9 Å². The Balaban J connectivity index is 0.00000145. The Labute approximate surface area is 168 Å². The number of aromatic nitrogens is 2. The van der Waals surface area contributed by atoms with Gasteiger partial charge in [-0.25, -0.2) is 9.48 Å². The van der Waals surface area contributed by atoms with Crippen molar-refractivity contribution >= 4 is 23.4 Å². The maximum Gasteiger partial charge on any atom is 0.339 e. The van der Waals surface area contributed by atoms with Crippen LogP contribution in [0.4, 0.5) is 11.5 Å². The molecule has 0 aliphatic heterocycles. The number of primary amides is 1. The maximum atomic E-state index is 12.1. The molecule has 1 amide bonds. The van der Waals surface area contributed by atoms with Gasteiger partial charge in [-0.1, -0.05) is 30.3 Å². The Morgan fingerprint density at radius 2 is 1.69 bits per heavy atom. The number of aryl methyl sites for hydroxylation is 2. The highest BCUT2D eigenvalue weighted by Gasteiger charge is 2.23. The molecule has 0 saturated carbocycles. The number of carbonyl (C=O) groups is 2. The van der Waals surface area contributed by atoms with Crippen LogP contribution >= 0.6 is 0 Å². The summed E-state index contributed by atoms with van der Waals surface area (Å²) in [5, 5.41) is 14.6. The van der Waals surface area contributed by atoms with Gasteiger partial charge in [-0.15, -0.1) is 0 Å². The van der Waals surface area contributed by atoms with Gasteiger partial charge in [0.2, 0.25) is 0 Å². The molecule has 0 fully saturated rings. The highest BCUT2D eigenvalue weighted by atomic mass is 16.5. The molecule has 3 aromatic rings. The molecule has 0 aliphatic carbocycles. The number of aliphatic hydroxyl groups excluding tert-OH is 1. The number of anilines is 2. The van der Waals surface area contributed by atoms with E-state index >= 15 is 0 Å². The summed E-state index contributed by atoms with van der Waals surface area (Å²) in [7, 11) is 2.32. The fraction of sp³-hybridized carbons (Fsp3) is 0.190. The highest BCUT2D eigenvalue weighted by Crippen LogP contribution is 2.29. The monoisotopic (exact) mass is 396 g/mol. The quantitative estimate of drug-likeness (QED) is 0.571. The van der Waals surface area contributed by atoms with Crippen molar-refractivity contribution in [3.8, 4) is 5.69 Å². The number of amides is 1. The number of benzene rings is 2. The van der Waals surface area contributed by atoms with Crippen molar-refractivity contribution in [3.63, 3.8) is 0 Å². The number of ether oxygens (including phenoxy) is 1. The van der Waals surface area contributed by atoms with Gasteiger partial charge in [0.1, 0.15) is 11.4 Å². The molecule has 0 radical (unpaired) electrons. The second-order valence-electron chi connectivity index (χ2n) is 6.03. The van der Waals surface area contributed by atoms with E-state index in [0.717, 1.165) is 18.4 Å². The van der Waals surface area contributed by atoms with E-state index in [-0.39, 0.29) is 5.56 Å². The number of aliphatic hydroxyl groups is 1. The highest BCUT2D eigenvalue weighted by molar-refractivity contribution is 6.01. The molecule has 29 heavy (non-hydrogen) atoms. The van der Waals surface area contributed by atoms with Crippen molar-refractivity contribution in [2.75, 3.05) is 19.5 Å². The predicted octanol–water partition coefficient (Wildman–Crippen LogP) is 2.73. The first-order chi connectivity index (χ1) is 13.9. The first kappa shape index (κ1) is 21.6. The number of hydrogen-bond donors (Lipinski definition) is 3. The van der Waals surface area contributed by atoms with E-state index in [4.69, 9.17) is 15.6 Å². The number of carbonyl (C=O) groups excluding carboxylic acids is 2. The minimum atomic E-state index is -0.606. The molecule has 3 rings (SSSR count). The zero-order valence-corrected chi connectivity index (χ0v) is 16.8. The Morgan fingerprint density at radius 1 is 1.07 bits per heavy atom. The molecule has 0 saturated heterocycles. The molecule has 0 spiro atoms. The van der Waals surface area contributed by atoms with Crippen molar-refractivity contribution in [2.45, 2.75) is 13.8 Å². The Morgan fingerprint density at radius 3 is 2.31 bits per heavy atom. The number of nitrogens with zero attached hydrogens (tertiary/aromatic N) is 2. The SMILES string of the molecule is CO.COC(=O)c1ccccc1Nc1c(C(N)=O)c(C)nn1-c1ccccc1C. The lowest BCUT2D eigenvalue weighted by molar-refractivity contribution is 0.0601. The number of methoxy groups -OCH3 is 1. The smallest absolute Gasteiger partial charge is 0.339 e. The van der Waals surface area contributed by atoms with Gasteiger partial charge in [-0.3, -0.25) is 4.79 Å². The lowest BCUT2D eigenvalue weighted by Gasteiger charge is -2.15. The topological polar surface area (TPSA) is 119 Å². The van der Waals surface area contributed by atoms with E-state index in [2.05, 4.69) is 10.4 Å². The second-order valence-corrected chi connectivity index (χ2v) is 6.03. The largest absolute Gasteiger partial charge is 0.465 e. The van der Waals surface area contributed by atoms with Crippen LogP contribution < -0.4 is 11.1 Å². The molecule has 0 bridgehead atoms. The van der Waals surface area contributed by atoms with Crippen molar-refractivity contribution in [1.29, 1.82) is 0 Å². The summed E-state index contributed by atoms with van der Waals surface area (Å²) in [6.45, 7) is 3.66. The summed E-state index contributed by atoms with van der Waals surface area (Å²) >= 11 is 0. The van der Waals surface area contributed by atoms with E-state index < -0.39 is 11.9 Å². The Hall–Kier alpha value is -3.65. The van der Waals surface area contributed by atoms with Crippen molar-refractivity contribution in [1.82, 2.24) is 9.78 Å². The van der Waals surface area contributed by atoms with Crippen LogP contribution in [0.1, 0.15) is 32.0 Å². The standard InChI is InChI=1S/C20H20N4O3.CH4O/c1-12-8-4-7-11-16(12)24-19(17(18(21)25)13(2)23-24)22-15-10-6-5-9-14(15)20(26)27-3;1-2/h4-11,22H,1-3H3,(H2,21,25);2H,1H3. The molecule has 0 aliphatic rings. The average Bonchev–Trinajstić information content (AvgIpc) is 3.05. The molecule has 4 N–H and O–H groups in total. The first-order valence-corrected chi connectivity index (χ1v) is 8.78. The summed E-state index contributed by atoms with van der Waals surface area (Å²) in [6.07, 6.45) is 0. The summed E-state index contributed by atoms with van der Waals surface area (Å²) in [4.78, 5) is 24.2. The van der Waals surface area contributed by atoms with E-state index in [9.17, 15) is 9.59 Å². The molecule has 1 aromatic heterocycles. The number of esters is 1. The van der Waals surface area contributed by atoms with Crippen LogP contribution in [-0.4, -0.2) is 41.0 Å². The summed E-state index contributed by atoms with van der Waals surface area (Å²) in [6, 6.07) is 14.5. The summed E-state index contributed by atoms with van der Waals surface area (Å²) in [5.41, 5.74) is 8.95. The van der Waals surface area contributed by atoms with Crippen LogP contribution in [0, 0.1) is 13.8 Å². The summed E-state index contributed by atoms with van der Waals surface area (Å²) in [5.74, 6) is -0.701. The molecule has 8 heteroatoms. The molecule has 0 unspecified atom stereocenters. The Kier molecular flexibility index (Phi) is 7.10. The zero-order valence-electron chi connectivity index (χ0n) is 16.8. The van der Waals surface area contributed by atoms with E-state index in [0.29, 0.717) is 22.8 Å². The normalized spacial score (nSPS) is 9.97. The van der Waals surface area contributed by atoms with Gasteiger partial charge in [0.25, 0.3) is 5.91 Å². The minimum absolute atomic E-state index is 0.262. The zero-order chi connectivity index (χ0) is 21.6. The third-order valence-electron chi connectivity index (χ3n) is 4.24. The van der Waals surface area contributed by atoms with Gasteiger partial charge in [0.05, 0.1) is 29.7 Å². The molecule has 8 nitrogen and oxygen atoms in total. The lowest BCUT2D eigenvalue weighted by Crippen LogP contribution is -2.15. The van der Waals surface area contributed by atoms with Crippen LogP contribution in [0.2, 0.25) is 0 Å². The number of para-hydroxylation sites is 2. The molecular formula is C21H24N4O4. The fourth-order valence-corrected chi connectivity index (χ4v) is 2.92. The molecule has 2 aromatic carbocycles. The number of hydrogen-bond acceptors (Lipinski definition) is 6. The number of nitrogens with one attached hydrogen (secondary N) is 1. The van der Waals surface area contributed by atoms with Gasteiger partial charge in [0.15, 0.2) is 0 Å². The number of rotatable bonds is 5. The van der Waals surface area contributed by atoms with Crippen LogP contribution in [-0.2, 0) is 4.74 Å².